The minimum Gasteiger partial charge on any atom is -0.497 e. The van der Waals surface area contributed by atoms with E-state index >= 15 is 0 Å². The zero-order valence-corrected chi connectivity index (χ0v) is 9.06. The molecule has 1 aromatic carbocycles. The quantitative estimate of drug-likeness (QED) is 0.742. The lowest BCUT2D eigenvalue weighted by molar-refractivity contribution is 0.297. The summed E-state index contributed by atoms with van der Waals surface area (Å²) < 4.78 is 10.5. The minimum absolute atomic E-state index is 0.0447. The molecule has 0 aliphatic carbocycles. The largest absolute Gasteiger partial charge is 0.497 e. The lowest BCUT2D eigenvalue weighted by Gasteiger charge is -2.07. The van der Waals surface area contributed by atoms with E-state index in [-0.39, 0.29) is 5.92 Å². The average Bonchev–Trinajstić information content (AvgIpc) is 2.29. The number of benzene rings is 1. The SMILES string of the molecule is COc1ccc(OCC[C@H](C)C#N)cc1. The predicted molar refractivity (Wildman–Crippen MR) is 57.9 cm³/mol. The van der Waals surface area contributed by atoms with Gasteiger partial charge in [0.15, 0.2) is 0 Å². The van der Waals surface area contributed by atoms with Crippen molar-refractivity contribution in [1.29, 1.82) is 5.26 Å². The molecule has 0 bridgehead atoms. The van der Waals surface area contributed by atoms with Crippen LogP contribution in [0.4, 0.5) is 0 Å². The van der Waals surface area contributed by atoms with Crippen molar-refractivity contribution in [3.63, 3.8) is 0 Å². The Bertz CT molecular complexity index is 326. The second-order valence-electron chi connectivity index (χ2n) is 3.34. The van der Waals surface area contributed by atoms with E-state index < -0.39 is 0 Å². The predicted octanol–water partition coefficient (Wildman–Crippen LogP) is 2.62. The summed E-state index contributed by atoms with van der Waals surface area (Å²) in [5, 5.41) is 8.58. The van der Waals surface area contributed by atoms with Crippen molar-refractivity contribution in [3.8, 4) is 17.6 Å². The zero-order chi connectivity index (χ0) is 11.1. The molecule has 0 saturated carbocycles. The fourth-order valence-electron chi connectivity index (χ4n) is 1.09. The second-order valence-corrected chi connectivity index (χ2v) is 3.34. The first-order valence-corrected chi connectivity index (χ1v) is 4.92. The maximum atomic E-state index is 8.58. The van der Waals surface area contributed by atoms with Crippen LogP contribution in [0.1, 0.15) is 13.3 Å². The highest BCUT2D eigenvalue weighted by atomic mass is 16.5. The van der Waals surface area contributed by atoms with E-state index in [0.717, 1.165) is 17.9 Å². The Morgan fingerprint density at radius 3 is 2.40 bits per heavy atom. The number of nitrogens with zero attached hydrogens (tertiary/aromatic N) is 1. The monoisotopic (exact) mass is 205 g/mol. The van der Waals surface area contributed by atoms with Gasteiger partial charge < -0.3 is 9.47 Å². The molecule has 1 atom stereocenters. The van der Waals surface area contributed by atoms with E-state index in [2.05, 4.69) is 6.07 Å². The van der Waals surface area contributed by atoms with E-state index in [0.29, 0.717) is 6.61 Å². The molecule has 0 aliphatic rings. The van der Waals surface area contributed by atoms with Gasteiger partial charge >= 0.3 is 0 Å². The lowest BCUT2D eigenvalue weighted by Crippen LogP contribution is -2.02. The molecule has 0 aliphatic heterocycles. The molecular weight excluding hydrogens is 190 g/mol. The van der Waals surface area contributed by atoms with Gasteiger partial charge in [-0.25, -0.2) is 0 Å². The number of rotatable bonds is 5. The van der Waals surface area contributed by atoms with Crippen molar-refractivity contribution in [3.05, 3.63) is 24.3 Å². The van der Waals surface area contributed by atoms with Gasteiger partial charge in [0.05, 0.1) is 19.8 Å². The van der Waals surface area contributed by atoms with Gasteiger partial charge in [-0.1, -0.05) is 0 Å². The fraction of sp³-hybridized carbons (Fsp3) is 0.417. The summed E-state index contributed by atoms with van der Waals surface area (Å²) in [4.78, 5) is 0. The molecule has 0 spiro atoms. The normalized spacial score (nSPS) is 11.5. The van der Waals surface area contributed by atoms with Crippen molar-refractivity contribution in [1.82, 2.24) is 0 Å². The Morgan fingerprint density at radius 2 is 1.87 bits per heavy atom. The van der Waals surface area contributed by atoms with Gasteiger partial charge in [-0.3, -0.25) is 0 Å². The van der Waals surface area contributed by atoms with Crippen molar-refractivity contribution < 1.29 is 9.47 Å². The van der Waals surface area contributed by atoms with Crippen LogP contribution >= 0.6 is 0 Å². The van der Waals surface area contributed by atoms with E-state index in [9.17, 15) is 0 Å². The molecule has 0 radical (unpaired) electrons. The molecule has 0 heterocycles. The molecule has 80 valence electrons. The van der Waals surface area contributed by atoms with Crippen LogP contribution in [-0.4, -0.2) is 13.7 Å². The summed E-state index contributed by atoms with van der Waals surface area (Å²) in [5.74, 6) is 1.66. The standard InChI is InChI=1S/C12H15NO2/c1-10(9-13)7-8-15-12-5-3-11(14-2)4-6-12/h3-6,10H,7-8H2,1-2H3/t10-/m0/s1. The van der Waals surface area contributed by atoms with Crippen LogP contribution in [0.5, 0.6) is 11.5 Å². The van der Waals surface area contributed by atoms with Crippen molar-refractivity contribution >= 4 is 0 Å². The van der Waals surface area contributed by atoms with E-state index in [4.69, 9.17) is 14.7 Å². The molecule has 0 amide bonds. The third kappa shape index (κ3) is 3.90. The highest BCUT2D eigenvalue weighted by molar-refractivity contribution is 5.31. The number of methoxy groups -OCH3 is 1. The summed E-state index contributed by atoms with van der Waals surface area (Å²) in [6, 6.07) is 9.58. The zero-order valence-electron chi connectivity index (χ0n) is 9.06. The molecule has 15 heavy (non-hydrogen) atoms. The first-order valence-electron chi connectivity index (χ1n) is 4.92. The van der Waals surface area contributed by atoms with Crippen molar-refractivity contribution in [2.45, 2.75) is 13.3 Å². The molecule has 0 unspecified atom stereocenters. The second kappa shape index (κ2) is 5.92. The summed E-state index contributed by atoms with van der Waals surface area (Å²) in [5.41, 5.74) is 0. The number of nitriles is 1. The first-order chi connectivity index (χ1) is 7.26. The molecule has 3 heteroatoms. The van der Waals surface area contributed by atoms with E-state index in [1.54, 1.807) is 7.11 Å². The Labute approximate surface area is 90.2 Å². The van der Waals surface area contributed by atoms with Crippen LogP contribution in [0.3, 0.4) is 0 Å². The summed E-state index contributed by atoms with van der Waals surface area (Å²) in [7, 11) is 1.63. The lowest BCUT2D eigenvalue weighted by atomic mass is 10.1. The molecule has 0 aromatic heterocycles. The van der Waals surface area contributed by atoms with Gasteiger partial charge in [0.25, 0.3) is 0 Å². The maximum Gasteiger partial charge on any atom is 0.119 e. The molecule has 1 aromatic rings. The van der Waals surface area contributed by atoms with Gasteiger partial charge in [0.1, 0.15) is 11.5 Å². The molecule has 0 fully saturated rings. The Balaban J connectivity index is 2.35. The summed E-state index contributed by atoms with van der Waals surface area (Å²) in [6.45, 7) is 2.46. The van der Waals surface area contributed by atoms with Crippen LogP contribution in [0.25, 0.3) is 0 Å². The van der Waals surface area contributed by atoms with Crippen molar-refractivity contribution in [2.24, 2.45) is 5.92 Å². The first kappa shape index (κ1) is 11.4. The Kier molecular flexibility index (Phi) is 4.49. The molecule has 3 nitrogen and oxygen atoms in total. The van der Waals surface area contributed by atoms with Gasteiger partial charge in [0.2, 0.25) is 0 Å². The van der Waals surface area contributed by atoms with Crippen LogP contribution in [-0.2, 0) is 0 Å². The Hall–Kier alpha value is -1.69. The van der Waals surface area contributed by atoms with E-state index in [1.165, 1.54) is 0 Å². The molecule has 1 rings (SSSR count). The third-order valence-electron chi connectivity index (χ3n) is 2.10. The molecule has 0 N–H and O–H groups in total. The maximum absolute atomic E-state index is 8.58. The summed E-state index contributed by atoms with van der Waals surface area (Å²) >= 11 is 0. The van der Waals surface area contributed by atoms with Gasteiger partial charge in [0, 0.05) is 5.92 Å². The molecular formula is C12H15NO2. The summed E-state index contributed by atoms with van der Waals surface area (Å²) in [6.07, 6.45) is 0.753. The fourth-order valence-corrected chi connectivity index (χ4v) is 1.09. The third-order valence-corrected chi connectivity index (χ3v) is 2.10. The highest BCUT2D eigenvalue weighted by Gasteiger charge is 2.00. The highest BCUT2D eigenvalue weighted by Crippen LogP contribution is 2.17. The number of hydrogen-bond donors (Lipinski definition) is 0. The topological polar surface area (TPSA) is 42.2 Å². The van der Waals surface area contributed by atoms with E-state index in [1.807, 2.05) is 31.2 Å². The average molecular weight is 205 g/mol. The van der Waals surface area contributed by atoms with Crippen LogP contribution in [0, 0.1) is 17.2 Å². The van der Waals surface area contributed by atoms with Gasteiger partial charge in [-0.05, 0) is 37.6 Å². The molecule has 0 saturated heterocycles. The minimum atomic E-state index is 0.0447. The Morgan fingerprint density at radius 1 is 1.27 bits per heavy atom. The van der Waals surface area contributed by atoms with Crippen molar-refractivity contribution in [2.75, 3.05) is 13.7 Å². The van der Waals surface area contributed by atoms with Gasteiger partial charge in [-0.15, -0.1) is 0 Å². The number of hydrogen-bond acceptors (Lipinski definition) is 3. The van der Waals surface area contributed by atoms with Crippen LogP contribution in [0.15, 0.2) is 24.3 Å². The van der Waals surface area contributed by atoms with Crippen LogP contribution < -0.4 is 9.47 Å². The number of ether oxygens (including phenoxy) is 2. The smallest absolute Gasteiger partial charge is 0.119 e. The van der Waals surface area contributed by atoms with Crippen LogP contribution in [0.2, 0.25) is 0 Å². The van der Waals surface area contributed by atoms with Gasteiger partial charge in [-0.2, -0.15) is 5.26 Å².